The number of hydrogen-bond acceptors (Lipinski definition) is 6. The number of nitrogens with one attached hydrogen (secondary N) is 1. The quantitative estimate of drug-likeness (QED) is 0.569. The zero-order valence-electron chi connectivity index (χ0n) is 15.4. The standard InChI is InChI=1S/C22H16N6O/c23-13-16-8-10-17(11-9-16)14-25-22-26-20(19-7-4-12-24-15-19)27-28(22)21(29)18-5-2-1-3-6-18/h1-12,15H,14H2,(H,25,26,27). The van der Waals surface area contributed by atoms with Crippen LogP contribution in [0.4, 0.5) is 5.95 Å². The van der Waals surface area contributed by atoms with Gasteiger partial charge < -0.3 is 5.32 Å². The first-order valence-corrected chi connectivity index (χ1v) is 8.95. The highest BCUT2D eigenvalue weighted by Gasteiger charge is 2.18. The topological polar surface area (TPSA) is 96.5 Å². The number of anilines is 1. The summed E-state index contributed by atoms with van der Waals surface area (Å²) in [6, 6.07) is 21.8. The smallest absolute Gasteiger partial charge is 0.281 e. The molecule has 0 amide bonds. The van der Waals surface area contributed by atoms with E-state index in [-0.39, 0.29) is 5.91 Å². The number of aromatic nitrogens is 4. The van der Waals surface area contributed by atoms with Crippen LogP contribution in [0.1, 0.15) is 21.5 Å². The van der Waals surface area contributed by atoms with Gasteiger partial charge in [0, 0.05) is 30.1 Å². The van der Waals surface area contributed by atoms with Gasteiger partial charge in [0.15, 0.2) is 5.82 Å². The maximum atomic E-state index is 13.0. The predicted molar refractivity (Wildman–Crippen MR) is 108 cm³/mol. The highest BCUT2D eigenvalue weighted by molar-refractivity contribution is 5.97. The third-order valence-corrected chi connectivity index (χ3v) is 4.27. The van der Waals surface area contributed by atoms with E-state index in [1.54, 1.807) is 54.9 Å². The van der Waals surface area contributed by atoms with E-state index in [2.05, 4.69) is 26.5 Å². The third-order valence-electron chi connectivity index (χ3n) is 4.27. The lowest BCUT2D eigenvalue weighted by Gasteiger charge is -2.07. The highest BCUT2D eigenvalue weighted by Crippen LogP contribution is 2.19. The first kappa shape index (κ1) is 18.1. The monoisotopic (exact) mass is 380 g/mol. The van der Waals surface area contributed by atoms with Gasteiger partial charge in [0.05, 0.1) is 11.6 Å². The second-order valence-corrected chi connectivity index (χ2v) is 6.25. The van der Waals surface area contributed by atoms with E-state index in [4.69, 9.17) is 5.26 Å². The van der Waals surface area contributed by atoms with Crippen molar-refractivity contribution in [3.8, 4) is 17.5 Å². The molecule has 2 heterocycles. The van der Waals surface area contributed by atoms with Gasteiger partial charge in [-0.15, -0.1) is 5.10 Å². The summed E-state index contributed by atoms with van der Waals surface area (Å²) in [5, 5.41) is 16.5. The molecule has 4 aromatic rings. The van der Waals surface area contributed by atoms with Gasteiger partial charge in [-0.1, -0.05) is 30.3 Å². The minimum atomic E-state index is -0.282. The Morgan fingerprint density at radius 2 is 1.83 bits per heavy atom. The minimum Gasteiger partial charge on any atom is -0.350 e. The molecule has 0 bridgehead atoms. The van der Waals surface area contributed by atoms with Crippen molar-refractivity contribution in [3.05, 3.63) is 95.8 Å². The van der Waals surface area contributed by atoms with Crippen LogP contribution in [0.2, 0.25) is 0 Å². The van der Waals surface area contributed by atoms with Crippen molar-refractivity contribution in [2.24, 2.45) is 0 Å². The van der Waals surface area contributed by atoms with Gasteiger partial charge >= 0.3 is 0 Å². The molecule has 140 valence electrons. The molecule has 0 aliphatic carbocycles. The summed E-state index contributed by atoms with van der Waals surface area (Å²) in [7, 11) is 0. The van der Waals surface area contributed by atoms with E-state index in [0.717, 1.165) is 5.56 Å². The molecular formula is C22H16N6O. The van der Waals surface area contributed by atoms with Crippen molar-refractivity contribution in [2.75, 3.05) is 5.32 Å². The SMILES string of the molecule is N#Cc1ccc(CNc2nc(-c3cccnc3)nn2C(=O)c2ccccc2)cc1. The molecule has 0 saturated carbocycles. The molecule has 7 nitrogen and oxygen atoms in total. The van der Waals surface area contributed by atoms with Crippen LogP contribution in [0.15, 0.2) is 79.1 Å². The highest BCUT2D eigenvalue weighted by atomic mass is 16.2. The Labute approximate surface area is 167 Å². The van der Waals surface area contributed by atoms with Crippen molar-refractivity contribution in [1.82, 2.24) is 19.7 Å². The van der Waals surface area contributed by atoms with Gasteiger partial charge in [-0.3, -0.25) is 9.78 Å². The van der Waals surface area contributed by atoms with Gasteiger partial charge in [-0.2, -0.15) is 14.9 Å². The van der Waals surface area contributed by atoms with E-state index in [9.17, 15) is 4.79 Å². The zero-order valence-corrected chi connectivity index (χ0v) is 15.4. The molecular weight excluding hydrogens is 364 g/mol. The summed E-state index contributed by atoms with van der Waals surface area (Å²) < 4.78 is 1.27. The fraction of sp³-hybridized carbons (Fsp3) is 0.0455. The number of rotatable bonds is 5. The Balaban J connectivity index is 1.66. The van der Waals surface area contributed by atoms with Gasteiger partial charge in [-0.05, 0) is 42.0 Å². The van der Waals surface area contributed by atoms with Crippen LogP contribution in [0.5, 0.6) is 0 Å². The Kier molecular flexibility index (Phi) is 5.08. The molecule has 0 radical (unpaired) electrons. The number of carbonyl (C=O) groups is 1. The van der Waals surface area contributed by atoms with Crippen molar-refractivity contribution in [2.45, 2.75) is 6.54 Å². The first-order valence-electron chi connectivity index (χ1n) is 8.95. The van der Waals surface area contributed by atoms with Crippen molar-refractivity contribution in [1.29, 1.82) is 5.26 Å². The molecule has 0 unspecified atom stereocenters. The van der Waals surface area contributed by atoms with Crippen molar-refractivity contribution in [3.63, 3.8) is 0 Å². The number of benzene rings is 2. The molecule has 2 aromatic heterocycles. The van der Waals surface area contributed by atoms with Gasteiger partial charge in [0.1, 0.15) is 0 Å². The lowest BCUT2D eigenvalue weighted by molar-refractivity contribution is 0.0947. The van der Waals surface area contributed by atoms with Gasteiger partial charge in [0.25, 0.3) is 5.91 Å². The number of nitrogens with zero attached hydrogens (tertiary/aromatic N) is 5. The van der Waals surface area contributed by atoms with Crippen LogP contribution in [0, 0.1) is 11.3 Å². The Morgan fingerprint density at radius 3 is 2.52 bits per heavy atom. The molecule has 2 aromatic carbocycles. The maximum absolute atomic E-state index is 13.0. The third kappa shape index (κ3) is 4.01. The largest absolute Gasteiger partial charge is 0.350 e. The fourth-order valence-corrected chi connectivity index (χ4v) is 2.77. The number of nitriles is 1. The molecule has 1 N–H and O–H groups in total. The summed E-state index contributed by atoms with van der Waals surface area (Å²) in [6.07, 6.45) is 3.32. The molecule has 7 heteroatoms. The summed E-state index contributed by atoms with van der Waals surface area (Å²) >= 11 is 0. The summed E-state index contributed by atoms with van der Waals surface area (Å²) in [5.74, 6) is 0.461. The average Bonchev–Trinajstić information content (AvgIpc) is 3.23. The van der Waals surface area contributed by atoms with Gasteiger partial charge in [-0.25, -0.2) is 0 Å². The number of hydrogen-bond donors (Lipinski definition) is 1. The molecule has 0 atom stereocenters. The van der Waals surface area contributed by atoms with Crippen molar-refractivity contribution >= 4 is 11.9 Å². The molecule has 0 aliphatic heterocycles. The van der Waals surface area contributed by atoms with Crippen LogP contribution < -0.4 is 5.32 Å². The van der Waals surface area contributed by atoms with E-state index in [0.29, 0.717) is 35.0 Å². The maximum Gasteiger partial charge on any atom is 0.281 e. The minimum absolute atomic E-state index is 0.282. The normalized spacial score (nSPS) is 10.3. The zero-order chi connectivity index (χ0) is 20.1. The predicted octanol–water partition coefficient (Wildman–Crippen LogP) is 3.51. The molecule has 0 spiro atoms. The van der Waals surface area contributed by atoms with Crippen LogP contribution in [-0.4, -0.2) is 25.7 Å². The molecule has 4 rings (SSSR count). The summed E-state index contributed by atoms with van der Waals surface area (Å²) in [5.41, 5.74) is 2.77. The second kappa shape index (κ2) is 8.15. The fourth-order valence-electron chi connectivity index (χ4n) is 2.77. The van der Waals surface area contributed by atoms with Crippen LogP contribution in [0.3, 0.4) is 0 Å². The molecule has 29 heavy (non-hydrogen) atoms. The second-order valence-electron chi connectivity index (χ2n) is 6.25. The number of pyridine rings is 1. The van der Waals surface area contributed by atoms with E-state index in [1.807, 2.05) is 24.3 Å². The van der Waals surface area contributed by atoms with Crippen molar-refractivity contribution < 1.29 is 4.79 Å². The number of carbonyl (C=O) groups excluding carboxylic acids is 1. The molecule has 0 fully saturated rings. The van der Waals surface area contributed by atoms with Crippen LogP contribution in [0.25, 0.3) is 11.4 Å². The van der Waals surface area contributed by atoms with E-state index < -0.39 is 0 Å². The molecule has 0 aliphatic rings. The lowest BCUT2D eigenvalue weighted by atomic mass is 10.1. The van der Waals surface area contributed by atoms with E-state index >= 15 is 0 Å². The van der Waals surface area contributed by atoms with Gasteiger partial charge in [0.2, 0.25) is 5.95 Å². The first-order chi connectivity index (χ1) is 14.2. The van der Waals surface area contributed by atoms with E-state index in [1.165, 1.54) is 4.68 Å². The molecule has 0 saturated heterocycles. The lowest BCUT2D eigenvalue weighted by Crippen LogP contribution is -2.17. The van der Waals surface area contributed by atoms with Crippen LogP contribution >= 0.6 is 0 Å². The average molecular weight is 380 g/mol. The Morgan fingerprint density at radius 1 is 1.03 bits per heavy atom. The summed E-state index contributed by atoms with van der Waals surface area (Å²) in [6.45, 7) is 0.430. The Hall–Kier alpha value is -4.31. The Bertz CT molecular complexity index is 1160. The van der Waals surface area contributed by atoms with Crippen LogP contribution in [-0.2, 0) is 6.54 Å². The summed E-state index contributed by atoms with van der Waals surface area (Å²) in [4.78, 5) is 21.6.